The fourth-order valence-electron chi connectivity index (χ4n) is 0.703. The molecule has 1 heteroatoms. The fourth-order valence-corrected chi connectivity index (χ4v) is 0.703. The molecule has 0 unspecified atom stereocenters. The van der Waals surface area contributed by atoms with Gasteiger partial charge >= 0.3 is 0 Å². The van der Waals surface area contributed by atoms with Crippen LogP contribution in [0.5, 0.6) is 0 Å². The highest BCUT2D eigenvalue weighted by Crippen LogP contribution is 2.03. The molecule has 0 aliphatic carbocycles. The largest absolute Gasteiger partial charge is 0.245 e. The molecule has 0 saturated heterocycles. The smallest absolute Gasteiger partial charge is 0.0971 e. The molecule has 0 heterocycles. The molecule has 1 nitrogen and oxygen atoms in total. The maximum Gasteiger partial charge on any atom is 0.245 e. The van der Waals surface area contributed by atoms with Crippen LogP contribution < -0.4 is 5.32 Å². The predicted molar refractivity (Wildman–Crippen MR) is 43.3 cm³/mol. The Bertz CT molecular complexity index is 191. The lowest BCUT2D eigenvalue weighted by Crippen LogP contribution is -1.94. The molecule has 0 aromatic heterocycles. The number of rotatable bonds is 3. The average Bonchev–Trinajstić information content (AvgIpc) is 2.03. The topological polar surface area (TPSA) is 14.1 Å². The van der Waals surface area contributed by atoms with Crippen molar-refractivity contribution in [1.29, 1.82) is 0 Å². The second-order valence-corrected chi connectivity index (χ2v) is 1.96. The zero-order valence-corrected chi connectivity index (χ0v) is 5.83. The van der Waals surface area contributed by atoms with E-state index in [9.17, 15) is 0 Å². The summed E-state index contributed by atoms with van der Waals surface area (Å²) < 4.78 is 0. The first-order valence-corrected chi connectivity index (χ1v) is 3.27. The molecule has 0 N–H and O–H groups in total. The summed E-state index contributed by atoms with van der Waals surface area (Å²) in [5.74, 6) is 0. The van der Waals surface area contributed by atoms with Crippen molar-refractivity contribution in [3.63, 3.8) is 0 Å². The Balaban J connectivity index is 2.50. The Morgan fingerprint density at radius 1 is 1.30 bits per heavy atom. The summed E-state index contributed by atoms with van der Waals surface area (Å²) in [6, 6.07) is 9.88. The summed E-state index contributed by atoms with van der Waals surface area (Å²) in [7, 11) is 0. The zero-order chi connectivity index (χ0) is 7.23. The van der Waals surface area contributed by atoms with Gasteiger partial charge in [0, 0.05) is 12.1 Å². The van der Waals surface area contributed by atoms with Crippen LogP contribution in [0.25, 0.3) is 0 Å². The van der Waals surface area contributed by atoms with E-state index in [1.807, 2.05) is 30.3 Å². The van der Waals surface area contributed by atoms with Gasteiger partial charge < -0.3 is 0 Å². The van der Waals surface area contributed by atoms with Gasteiger partial charge in [0.05, 0.1) is 0 Å². The third-order valence-electron chi connectivity index (χ3n) is 1.16. The van der Waals surface area contributed by atoms with Crippen LogP contribution in [-0.2, 0) is 0 Å². The Morgan fingerprint density at radius 2 is 2.00 bits per heavy atom. The van der Waals surface area contributed by atoms with Crippen molar-refractivity contribution in [3.05, 3.63) is 43.0 Å². The van der Waals surface area contributed by atoms with E-state index in [0.717, 1.165) is 5.69 Å². The van der Waals surface area contributed by atoms with Crippen molar-refractivity contribution in [3.8, 4) is 0 Å². The van der Waals surface area contributed by atoms with E-state index in [1.165, 1.54) is 0 Å². The highest BCUT2D eigenvalue weighted by molar-refractivity contribution is 5.34. The van der Waals surface area contributed by atoms with Gasteiger partial charge in [-0.3, -0.25) is 0 Å². The van der Waals surface area contributed by atoms with Crippen molar-refractivity contribution in [2.24, 2.45) is 0 Å². The van der Waals surface area contributed by atoms with Crippen LogP contribution in [0, 0.1) is 0 Å². The molecule has 1 rings (SSSR count). The van der Waals surface area contributed by atoms with Crippen LogP contribution in [0.1, 0.15) is 0 Å². The van der Waals surface area contributed by atoms with Crippen molar-refractivity contribution in [2.75, 3.05) is 6.54 Å². The maximum atomic E-state index is 4.21. The molecule has 0 fully saturated rings. The second-order valence-electron chi connectivity index (χ2n) is 1.96. The van der Waals surface area contributed by atoms with Gasteiger partial charge in [-0.05, 0) is 6.08 Å². The molecular weight excluding hydrogens is 122 g/mol. The van der Waals surface area contributed by atoms with Crippen molar-refractivity contribution in [1.82, 2.24) is 5.32 Å². The van der Waals surface area contributed by atoms with E-state index in [-0.39, 0.29) is 0 Å². The molecule has 2 radical (unpaired) electrons. The van der Waals surface area contributed by atoms with E-state index >= 15 is 0 Å². The molecule has 10 heavy (non-hydrogen) atoms. The van der Waals surface area contributed by atoms with Gasteiger partial charge in [0.25, 0.3) is 0 Å². The molecule has 0 bridgehead atoms. The first-order chi connectivity index (χ1) is 4.93. The van der Waals surface area contributed by atoms with Crippen molar-refractivity contribution < 1.29 is 0 Å². The molecule has 0 amide bonds. The standard InChI is InChI=1S/C9H10N/c1-2-8-10-9-6-4-3-5-7-9/h2-7H,1,8H2/q+1. The molecule has 1 aromatic rings. The van der Waals surface area contributed by atoms with Crippen LogP contribution >= 0.6 is 0 Å². The molecule has 0 spiro atoms. The fraction of sp³-hybridized carbons (Fsp3) is 0.111. The highest BCUT2D eigenvalue weighted by atomic mass is 14.8. The van der Waals surface area contributed by atoms with Gasteiger partial charge in [0.2, 0.25) is 12.2 Å². The average molecular weight is 132 g/mol. The van der Waals surface area contributed by atoms with E-state index in [1.54, 1.807) is 6.08 Å². The first-order valence-electron chi connectivity index (χ1n) is 3.27. The summed E-state index contributed by atoms with van der Waals surface area (Å²) in [6.45, 7) is 4.28. The van der Waals surface area contributed by atoms with Gasteiger partial charge in [0.15, 0.2) is 0 Å². The summed E-state index contributed by atoms with van der Waals surface area (Å²) in [5, 5.41) is 4.21. The second kappa shape index (κ2) is 3.85. The molecule has 0 atom stereocenters. The molecular formula is C9H10N+. The summed E-state index contributed by atoms with van der Waals surface area (Å²) in [5.41, 5.74) is 1.02. The Hall–Kier alpha value is -1.08. The number of nitrogens with zero attached hydrogens (tertiary/aromatic N) is 1. The van der Waals surface area contributed by atoms with E-state index in [0.29, 0.717) is 6.54 Å². The van der Waals surface area contributed by atoms with Gasteiger partial charge in [-0.25, -0.2) is 0 Å². The highest BCUT2D eigenvalue weighted by Gasteiger charge is 2.02. The molecule has 0 saturated carbocycles. The van der Waals surface area contributed by atoms with Gasteiger partial charge in [-0.2, -0.15) is 0 Å². The third kappa shape index (κ3) is 2.03. The Morgan fingerprint density at radius 3 is 2.60 bits per heavy atom. The minimum atomic E-state index is 0.698. The number of hydrogen-bond donors (Lipinski definition) is 0. The lowest BCUT2D eigenvalue weighted by molar-refractivity contribution is 0.979. The van der Waals surface area contributed by atoms with Crippen LogP contribution in [0.4, 0.5) is 5.69 Å². The molecule has 1 aromatic carbocycles. The number of para-hydroxylation sites is 1. The summed E-state index contributed by atoms with van der Waals surface area (Å²) in [4.78, 5) is 0. The van der Waals surface area contributed by atoms with Gasteiger partial charge in [0.1, 0.15) is 5.32 Å². The lowest BCUT2D eigenvalue weighted by Gasteiger charge is -1.80. The van der Waals surface area contributed by atoms with Crippen LogP contribution in [-0.4, -0.2) is 6.54 Å². The molecule has 50 valence electrons. The van der Waals surface area contributed by atoms with Crippen LogP contribution in [0.2, 0.25) is 0 Å². The zero-order valence-electron chi connectivity index (χ0n) is 5.83. The lowest BCUT2D eigenvalue weighted by atomic mass is 10.3. The Labute approximate surface area is 61.4 Å². The van der Waals surface area contributed by atoms with E-state index in [4.69, 9.17) is 0 Å². The Kier molecular flexibility index (Phi) is 2.71. The molecule has 0 aliphatic heterocycles. The summed E-state index contributed by atoms with van der Waals surface area (Å²) >= 11 is 0. The predicted octanol–water partition coefficient (Wildman–Crippen LogP) is 2.11. The van der Waals surface area contributed by atoms with E-state index in [2.05, 4.69) is 11.9 Å². The number of benzene rings is 1. The van der Waals surface area contributed by atoms with Crippen molar-refractivity contribution >= 4 is 5.69 Å². The molecule has 0 aliphatic rings. The monoisotopic (exact) mass is 132 g/mol. The van der Waals surface area contributed by atoms with Gasteiger partial charge in [-0.1, -0.05) is 24.8 Å². The van der Waals surface area contributed by atoms with E-state index < -0.39 is 0 Å². The number of hydrogen-bond acceptors (Lipinski definition) is 0. The van der Waals surface area contributed by atoms with Gasteiger partial charge in [-0.15, -0.1) is 0 Å². The quantitative estimate of drug-likeness (QED) is 0.559. The normalized spacial score (nSPS) is 9.20. The SMILES string of the molecule is C=CC[N+]c1ccccc1. The minimum Gasteiger partial charge on any atom is -0.0971 e. The van der Waals surface area contributed by atoms with Crippen LogP contribution in [0.15, 0.2) is 43.0 Å². The first kappa shape index (κ1) is 7.03. The maximum absolute atomic E-state index is 4.21. The third-order valence-corrected chi connectivity index (χ3v) is 1.16. The van der Waals surface area contributed by atoms with Crippen LogP contribution in [0.3, 0.4) is 0 Å². The summed E-state index contributed by atoms with van der Waals surface area (Å²) in [6.07, 6.45) is 1.78. The van der Waals surface area contributed by atoms with Crippen molar-refractivity contribution in [2.45, 2.75) is 0 Å². The minimum absolute atomic E-state index is 0.698.